The van der Waals surface area contributed by atoms with E-state index >= 15 is 0 Å². The van der Waals surface area contributed by atoms with E-state index in [2.05, 4.69) is 16.7 Å². The number of nitriles is 1. The molecule has 1 heterocycles. The Morgan fingerprint density at radius 1 is 1.50 bits per heavy atom. The van der Waals surface area contributed by atoms with Crippen LogP contribution in [0.2, 0.25) is 0 Å². The topological polar surface area (TPSA) is 94.5 Å². The molecular weight excluding hydrogens is 308 g/mol. The molecule has 0 unspecified atom stereocenters. The van der Waals surface area contributed by atoms with Gasteiger partial charge in [-0.15, -0.1) is 0 Å². The summed E-state index contributed by atoms with van der Waals surface area (Å²) in [5.41, 5.74) is 1.96. The zero-order valence-electron chi connectivity index (χ0n) is 14.0. The number of amides is 3. The molecule has 1 fully saturated rings. The van der Waals surface area contributed by atoms with E-state index in [0.29, 0.717) is 43.9 Å². The average molecular weight is 330 g/mol. The third-order valence-corrected chi connectivity index (χ3v) is 4.03. The lowest BCUT2D eigenvalue weighted by atomic mass is 10.1. The molecule has 0 saturated carbocycles. The first-order valence-electron chi connectivity index (χ1n) is 7.85. The van der Waals surface area contributed by atoms with Gasteiger partial charge in [0.15, 0.2) is 0 Å². The Hall–Kier alpha value is -2.59. The monoisotopic (exact) mass is 330 g/mol. The van der Waals surface area contributed by atoms with Crippen molar-refractivity contribution < 1.29 is 14.3 Å². The van der Waals surface area contributed by atoms with Crippen molar-refractivity contribution in [2.45, 2.75) is 13.3 Å². The molecule has 2 N–H and O–H groups in total. The van der Waals surface area contributed by atoms with Crippen LogP contribution in [0.5, 0.6) is 0 Å². The van der Waals surface area contributed by atoms with Crippen LogP contribution < -0.4 is 10.6 Å². The summed E-state index contributed by atoms with van der Waals surface area (Å²) in [5.74, 6) is 0.198. The van der Waals surface area contributed by atoms with Gasteiger partial charge in [0, 0.05) is 44.8 Å². The van der Waals surface area contributed by atoms with Gasteiger partial charge < -0.3 is 20.3 Å². The molecule has 0 spiro atoms. The lowest BCUT2D eigenvalue weighted by molar-refractivity contribution is -0.128. The Morgan fingerprint density at radius 3 is 3.00 bits per heavy atom. The van der Waals surface area contributed by atoms with Crippen LogP contribution in [0.15, 0.2) is 18.2 Å². The summed E-state index contributed by atoms with van der Waals surface area (Å²) in [5, 5.41) is 14.5. The lowest BCUT2D eigenvalue weighted by Crippen LogP contribution is -2.34. The molecule has 1 aliphatic heterocycles. The summed E-state index contributed by atoms with van der Waals surface area (Å²) in [6.45, 7) is 4.00. The molecule has 24 heavy (non-hydrogen) atoms. The molecule has 1 atom stereocenters. The number of urea groups is 1. The van der Waals surface area contributed by atoms with Gasteiger partial charge in [-0.1, -0.05) is 6.07 Å². The molecular formula is C17H22N4O3. The second-order valence-electron chi connectivity index (χ2n) is 5.88. The van der Waals surface area contributed by atoms with Crippen molar-refractivity contribution in [1.29, 1.82) is 5.26 Å². The Bertz CT molecular complexity index is 654. The highest BCUT2D eigenvalue weighted by Crippen LogP contribution is 2.17. The van der Waals surface area contributed by atoms with Gasteiger partial charge in [0.2, 0.25) is 5.91 Å². The maximum Gasteiger partial charge on any atom is 0.319 e. The van der Waals surface area contributed by atoms with Crippen LogP contribution >= 0.6 is 0 Å². The van der Waals surface area contributed by atoms with E-state index in [1.54, 1.807) is 30.2 Å². The molecule has 128 valence electrons. The van der Waals surface area contributed by atoms with Gasteiger partial charge >= 0.3 is 6.03 Å². The molecule has 1 aromatic carbocycles. The fourth-order valence-electron chi connectivity index (χ4n) is 2.64. The highest BCUT2D eigenvalue weighted by Gasteiger charge is 2.29. The predicted molar refractivity (Wildman–Crippen MR) is 89.5 cm³/mol. The second kappa shape index (κ2) is 8.31. The molecule has 0 aromatic heterocycles. The minimum absolute atomic E-state index is 0.0939. The first-order valence-corrected chi connectivity index (χ1v) is 7.85. The number of nitrogens with one attached hydrogen (secondary N) is 2. The lowest BCUT2D eigenvalue weighted by Gasteiger charge is -2.16. The number of aryl methyl sites for hydroxylation is 1. The quantitative estimate of drug-likeness (QED) is 0.826. The van der Waals surface area contributed by atoms with Crippen LogP contribution in [-0.2, 0) is 9.53 Å². The van der Waals surface area contributed by atoms with E-state index in [1.807, 2.05) is 6.92 Å². The van der Waals surface area contributed by atoms with Crippen molar-refractivity contribution in [1.82, 2.24) is 10.2 Å². The SMILES string of the molecule is COCCN1C[C@H](CNC(=O)Nc2ccc(C)c(C#N)c2)CC1=O. The Balaban J connectivity index is 1.80. The van der Waals surface area contributed by atoms with Crippen LogP contribution in [0.1, 0.15) is 17.5 Å². The maximum atomic E-state index is 12.0. The van der Waals surface area contributed by atoms with Crippen molar-refractivity contribution >= 4 is 17.6 Å². The number of nitrogens with zero attached hydrogens (tertiary/aromatic N) is 2. The highest BCUT2D eigenvalue weighted by atomic mass is 16.5. The fraction of sp³-hybridized carbons (Fsp3) is 0.471. The van der Waals surface area contributed by atoms with Crippen molar-refractivity contribution in [2.75, 3.05) is 38.7 Å². The zero-order chi connectivity index (χ0) is 17.5. The third kappa shape index (κ3) is 4.70. The number of rotatable bonds is 6. The smallest absolute Gasteiger partial charge is 0.319 e. The van der Waals surface area contributed by atoms with Crippen molar-refractivity contribution in [3.63, 3.8) is 0 Å². The van der Waals surface area contributed by atoms with Crippen molar-refractivity contribution in [3.05, 3.63) is 29.3 Å². The number of methoxy groups -OCH3 is 1. The highest BCUT2D eigenvalue weighted by molar-refractivity contribution is 5.89. The van der Waals surface area contributed by atoms with Crippen LogP contribution in [0.25, 0.3) is 0 Å². The molecule has 1 aromatic rings. The Labute approximate surface area is 141 Å². The van der Waals surface area contributed by atoms with Crippen molar-refractivity contribution in [2.24, 2.45) is 5.92 Å². The molecule has 1 saturated heterocycles. The largest absolute Gasteiger partial charge is 0.383 e. The number of anilines is 1. The molecule has 0 radical (unpaired) electrons. The number of hydrogen-bond donors (Lipinski definition) is 2. The second-order valence-corrected chi connectivity index (χ2v) is 5.88. The molecule has 7 heteroatoms. The van der Waals surface area contributed by atoms with E-state index in [0.717, 1.165) is 5.56 Å². The van der Waals surface area contributed by atoms with Crippen LogP contribution in [0, 0.1) is 24.2 Å². The summed E-state index contributed by atoms with van der Waals surface area (Å²) in [4.78, 5) is 25.6. The van der Waals surface area contributed by atoms with Gasteiger partial charge in [0.25, 0.3) is 0 Å². The molecule has 0 aliphatic carbocycles. The number of benzene rings is 1. The van der Waals surface area contributed by atoms with Crippen LogP contribution in [-0.4, -0.2) is 50.2 Å². The maximum absolute atomic E-state index is 12.0. The van der Waals surface area contributed by atoms with Crippen LogP contribution in [0.3, 0.4) is 0 Å². The van der Waals surface area contributed by atoms with Crippen LogP contribution in [0.4, 0.5) is 10.5 Å². The first kappa shape index (κ1) is 17.8. The van der Waals surface area contributed by atoms with Gasteiger partial charge in [-0.25, -0.2) is 4.79 Å². The molecule has 2 rings (SSSR count). The summed E-state index contributed by atoms with van der Waals surface area (Å²) < 4.78 is 4.98. The molecule has 1 aliphatic rings. The average Bonchev–Trinajstić information content (AvgIpc) is 2.92. The van der Waals surface area contributed by atoms with Gasteiger partial charge in [-0.2, -0.15) is 5.26 Å². The summed E-state index contributed by atoms with van der Waals surface area (Å²) in [6.07, 6.45) is 0.438. The minimum Gasteiger partial charge on any atom is -0.383 e. The summed E-state index contributed by atoms with van der Waals surface area (Å²) >= 11 is 0. The predicted octanol–water partition coefficient (Wildman–Crippen LogP) is 1.48. The number of likely N-dealkylation sites (tertiary alicyclic amines) is 1. The number of hydrogen-bond acceptors (Lipinski definition) is 4. The van der Waals surface area contributed by atoms with E-state index < -0.39 is 0 Å². The number of ether oxygens (including phenoxy) is 1. The van der Waals surface area contributed by atoms with E-state index in [4.69, 9.17) is 10.00 Å². The zero-order valence-corrected chi connectivity index (χ0v) is 14.0. The Kier molecular flexibility index (Phi) is 6.15. The third-order valence-electron chi connectivity index (χ3n) is 4.03. The van der Waals surface area contributed by atoms with Gasteiger partial charge in [0.1, 0.15) is 0 Å². The van der Waals surface area contributed by atoms with Gasteiger partial charge in [-0.05, 0) is 24.6 Å². The normalized spacial score (nSPS) is 16.8. The molecule has 3 amide bonds. The summed E-state index contributed by atoms with van der Waals surface area (Å²) in [6, 6.07) is 6.92. The van der Waals surface area contributed by atoms with E-state index in [-0.39, 0.29) is 17.9 Å². The van der Waals surface area contributed by atoms with Gasteiger partial charge in [0.05, 0.1) is 18.2 Å². The van der Waals surface area contributed by atoms with Gasteiger partial charge in [-0.3, -0.25) is 4.79 Å². The number of carbonyl (C=O) groups is 2. The molecule has 0 bridgehead atoms. The fourth-order valence-corrected chi connectivity index (χ4v) is 2.64. The Morgan fingerprint density at radius 2 is 2.29 bits per heavy atom. The number of carbonyl (C=O) groups excluding carboxylic acids is 2. The van der Waals surface area contributed by atoms with E-state index in [1.165, 1.54) is 0 Å². The molecule has 7 nitrogen and oxygen atoms in total. The van der Waals surface area contributed by atoms with Crippen molar-refractivity contribution in [3.8, 4) is 6.07 Å². The standard InChI is InChI=1S/C17H22N4O3/c1-12-3-4-15(8-14(12)9-18)20-17(23)19-10-13-7-16(22)21(11-13)5-6-24-2/h3-4,8,13H,5-7,10-11H2,1-2H3,(H2,19,20,23)/t13-/m0/s1. The summed E-state index contributed by atoms with van der Waals surface area (Å²) in [7, 11) is 1.60. The first-order chi connectivity index (χ1) is 11.5. The minimum atomic E-state index is -0.342. The van der Waals surface area contributed by atoms with E-state index in [9.17, 15) is 9.59 Å².